The van der Waals surface area contributed by atoms with Crippen molar-refractivity contribution in [2.45, 2.75) is 46.1 Å². The highest BCUT2D eigenvalue weighted by Crippen LogP contribution is 2.34. The van der Waals surface area contributed by atoms with Gasteiger partial charge in [-0.3, -0.25) is 4.79 Å². The van der Waals surface area contributed by atoms with E-state index in [0.29, 0.717) is 6.54 Å². The molecule has 1 aliphatic heterocycles. The molecule has 1 N–H and O–H groups in total. The number of amides is 1. The summed E-state index contributed by atoms with van der Waals surface area (Å²) in [4.78, 5) is 11.1. The van der Waals surface area contributed by atoms with Crippen molar-refractivity contribution in [2.24, 2.45) is 0 Å². The Bertz CT molecular complexity index is 690. The number of carbonyl (C=O) groups excluding carboxylic acids is 1. The Labute approximate surface area is 124 Å². The highest BCUT2D eigenvalue weighted by molar-refractivity contribution is 5.73. The second kappa shape index (κ2) is 5.39. The maximum Gasteiger partial charge on any atom is 0.216 e. The van der Waals surface area contributed by atoms with Gasteiger partial charge in [-0.05, 0) is 25.8 Å². The SMILES string of the molecule is CCc1nn2ccc3c(c2c1CCNC(C)=O)CC(C)O3. The molecule has 0 fully saturated rings. The van der Waals surface area contributed by atoms with Crippen molar-refractivity contribution in [3.05, 3.63) is 29.1 Å². The average Bonchev–Trinajstić information content (AvgIpc) is 2.97. The number of pyridine rings is 1. The van der Waals surface area contributed by atoms with Gasteiger partial charge in [0.2, 0.25) is 5.91 Å². The molecule has 0 saturated heterocycles. The molecular weight excluding hydrogens is 266 g/mol. The fourth-order valence-electron chi connectivity index (χ4n) is 3.06. The van der Waals surface area contributed by atoms with Gasteiger partial charge in [-0.2, -0.15) is 5.10 Å². The van der Waals surface area contributed by atoms with Gasteiger partial charge >= 0.3 is 0 Å². The van der Waals surface area contributed by atoms with Gasteiger partial charge in [-0.15, -0.1) is 0 Å². The molecule has 0 saturated carbocycles. The summed E-state index contributed by atoms with van der Waals surface area (Å²) in [6.45, 7) is 6.39. The van der Waals surface area contributed by atoms with Crippen LogP contribution in [0.1, 0.15) is 37.6 Å². The Morgan fingerprint density at radius 1 is 1.57 bits per heavy atom. The van der Waals surface area contributed by atoms with Gasteiger partial charge in [0.05, 0.1) is 11.2 Å². The predicted octanol–water partition coefficient (Wildman–Crippen LogP) is 1.90. The van der Waals surface area contributed by atoms with Crippen LogP contribution in [-0.4, -0.2) is 28.2 Å². The van der Waals surface area contributed by atoms with Crippen molar-refractivity contribution in [1.82, 2.24) is 14.9 Å². The van der Waals surface area contributed by atoms with Crippen LogP contribution < -0.4 is 10.1 Å². The minimum atomic E-state index is 0.00621. The third-order valence-electron chi connectivity index (χ3n) is 3.95. The summed E-state index contributed by atoms with van der Waals surface area (Å²) in [6, 6.07) is 2.00. The van der Waals surface area contributed by atoms with Gasteiger partial charge < -0.3 is 10.1 Å². The molecule has 3 rings (SSSR count). The number of carbonyl (C=O) groups is 1. The summed E-state index contributed by atoms with van der Waals surface area (Å²) in [5.74, 6) is 0.977. The highest BCUT2D eigenvalue weighted by Gasteiger charge is 2.25. The smallest absolute Gasteiger partial charge is 0.216 e. The fraction of sp³-hybridized carbons (Fsp3) is 0.500. The van der Waals surface area contributed by atoms with E-state index in [1.54, 1.807) is 6.92 Å². The van der Waals surface area contributed by atoms with Crippen LogP contribution in [-0.2, 0) is 24.1 Å². The lowest BCUT2D eigenvalue weighted by Gasteiger charge is -2.06. The van der Waals surface area contributed by atoms with Crippen molar-refractivity contribution in [1.29, 1.82) is 0 Å². The molecule has 5 heteroatoms. The number of hydrogen-bond acceptors (Lipinski definition) is 3. The average molecular weight is 287 g/mol. The first-order valence-corrected chi connectivity index (χ1v) is 7.53. The molecular formula is C16H21N3O2. The number of fused-ring (bicyclic) bond motifs is 3. The molecule has 5 nitrogen and oxygen atoms in total. The molecule has 0 aromatic carbocycles. The van der Waals surface area contributed by atoms with Crippen LogP contribution in [0.5, 0.6) is 5.75 Å². The summed E-state index contributed by atoms with van der Waals surface area (Å²) >= 11 is 0. The van der Waals surface area contributed by atoms with Crippen molar-refractivity contribution in [2.75, 3.05) is 6.54 Å². The van der Waals surface area contributed by atoms with Crippen LogP contribution in [0.2, 0.25) is 0 Å². The Balaban J connectivity index is 2.04. The lowest BCUT2D eigenvalue weighted by molar-refractivity contribution is -0.118. The number of nitrogens with one attached hydrogen (secondary N) is 1. The molecule has 0 spiro atoms. The summed E-state index contributed by atoms with van der Waals surface area (Å²) < 4.78 is 7.81. The predicted molar refractivity (Wildman–Crippen MR) is 80.8 cm³/mol. The van der Waals surface area contributed by atoms with Gasteiger partial charge in [0.25, 0.3) is 0 Å². The molecule has 1 amide bonds. The van der Waals surface area contributed by atoms with Crippen LogP contribution in [0.15, 0.2) is 12.3 Å². The van der Waals surface area contributed by atoms with Crippen molar-refractivity contribution >= 4 is 11.4 Å². The lowest BCUT2D eigenvalue weighted by Crippen LogP contribution is -2.22. The first-order valence-electron chi connectivity index (χ1n) is 7.53. The number of aromatic nitrogens is 2. The zero-order valence-corrected chi connectivity index (χ0v) is 12.8. The minimum absolute atomic E-state index is 0.00621. The van der Waals surface area contributed by atoms with E-state index in [2.05, 4.69) is 24.3 Å². The molecule has 1 atom stereocenters. The number of nitrogens with zero attached hydrogens (tertiary/aromatic N) is 2. The molecule has 112 valence electrons. The second-order valence-corrected chi connectivity index (χ2v) is 5.60. The zero-order chi connectivity index (χ0) is 15.0. The fourth-order valence-corrected chi connectivity index (χ4v) is 3.06. The van der Waals surface area contributed by atoms with Crippen molar-refractivity contribution in [3.63, 3.8) is 0 Å². The van der Waals surface area contributed by atoms with E-state index in [0.717, 1.165) is 30.7 Å². The number of aryl methyl sites for hydroxylation is 1. The zero-order valence-electron chi connectivity index (χ0n) is 12.8. The lowest BCUT2D eigenvalue weighted by atomic mass is 10.0. The van der Waals surface area contributed by atoms with E-state index in [9.17, 15) is 4.79 Å². The maximum atomic E-state index is 11.1. The standard InChI is InChI=1S/C16H21N3O2/c1-4-14-12(5-7-17-11(3)20)16-13-9-10(2)21-15(13)6-8-19(16)18-14/h6,8,10H,4-5,7,9H2,1-3H3,(H,17,20). The first kappa shape index (κ1) is 13.9. The Morgan fingerprint density at radius 2 is 2.38 bits per heavy atom. The molecule has 0 aliphatic carbocycles. The molecule has 1 unspecified atom stereocenters. The van der Waals surface area contributed by atoms with Crippen LogP contribution in [0.4, 0.5) is 0 Å². The maximum absolute atomic E-state index is 11.1. The summed E-state index contributed by atoms with van der Waals surface area (Å²) in [6.07, 6.45) is 4.79. The van der Waals surface area contributed by atoms with E-state index in [1.165, 1.54) is 16.6 Å². The van der Waals surface area contributed by atoms with Gasteiger partial charge in [0.1, 0.15) is 11.9 Å². The second-order valence-electron chi connectivity index (χ2n) is 5.60. The third kappa shape index (κ3) is 2.48. The van der Waals surface area contributed by atoms with Crippen molar-refractivity contribution in [3.8, 4) is 5.75 Å². The number of rotatable bonds is 4. The summed E-state index contributed by atoms with van der Waals surface area (Å²) in [5.41, 5.74) is 4.75. The topological polar surface area (TPSA) is 55.6 Å². The normalized spacial score (nSPS) is 16.8. The molecule has 0 radical (unpaired) electrons. The summed E-state index contributed by atoms with van der Waals surface area (Å²) in [7, 11) is 0. The molecule has 3 heterocycles. The van der Waals surface area contributed by atoms with E-state index in [-0.39, 0.29) is 12.0 Å². The van der Waals surface area contributed by atoms with Crippen molar-refractivity contribution < 1.29 is 9.53 Å². The molecule has 2 aromatic rings. The van der Waals surface area contributed by atoms with Gasteiger partial charge in [0.15, 0.2) is 0 Å². The third-order valence-corrected chi connectivity index (χ3v) is 3.95. The molecule has 0 bridgehead atoms. The van der Waals surface area contributed by atoms with E-state index in [1.807, 2.05) is 16.8 Å². The molecule has 1 aliphatic rings. The Hall–Kier alpha value is -2.04. The summed E-state index contributed by atoms with van der Waals surface area (Å²) in [5, 5.41) is 7.55. The minimum Gasteiger partial charge on any atom is -0.490 e. The Morgan fingerprint density at radius 3 is 3.10 bits per heavy atom. The van der Waals surface area contributed by atoms with Gasteiger partial charge in [0, 0.05) is 37.2 Å². The number of hydrogen-bond donors (Lipinski definition) is 1. The van der Waals surface area contributed by atoms with E-state index >= 15 is 0 Å². The quantitative estimate of drug-likeness (QED) is 0.934. The van der Waals surface area contributed by atoms with Gasteiger partial charge in [-0.25, -0.2) is 4.52 Å². The number of ether oxygens (including phenoxy) is 1. The van der Waals surface area contributed by atoms with Gasteiger partial charge in [-0.1, -0.05) is 6.92 Å². The van der Waals surface area contributed by atoms with Crippen LogP contribution in [0.25, 0.3) is 5.52 Å². The Kier molecular flexibility index (Phi) is 3.57. The molecule has 2 aromatic heterocycles. The van der Waals surface area contributed by atoms with E-state index < -0.39 is 0 Å². The first-order chi connectivity index (χ1) is 10.1. The molecule has 21 heavy (non-hydrogen) atoms. The van der Waals surface area contributed by atoms with E-state index in [4.69, 9.17) is 4.74 Å². The van der Waals surface area contributed by atoms with Crippen LogP contribution in [0.3, 0.4) is 0 Å². The largest absolute Gasteiger partial charge is 0.490 e. The highest BCUT2D eigenvalue weighted by atomic mass is 16.5. The van der Waals surface area contributed by atoms with Crippen LogP contribution in [0, 0.1) is 0 Å². The monoisotopic (exact) mass is 287 g/mol. The van der Waals surface area contributed by atoms with Crippen LogP contribution >= 0.6 is 0 Å².